The second kappa shape index (κ2) is 7.55. The minimum atomic E-state index is -0.221. The number of benzene rings is 2. The van der Waals surface area contributed by atoms with Gasteiger partial charge in [-0.15, -0.1) is 0 Å². The number of methoxy groups -OCH3 is 1. The van der Waals surface area contributed by atoms with Crippen LogP contribution in [0, 0.1) is 0 Å². The molecule has 0 saturated carbocycles. The van der Waals surface area contributed by atoms with Crippen molar-refractivity contribution in [2.24, 2.45) is 0 Å². The third-order valence-electron chi connectivity index (χ3n) is 3.72. The van der Waals surface area contributed by atoms with Crippen molar-refractivity contribution in [2.45, 2.75) is 13.2 Å². The summed E-state index contributed by atoms with van der Waals surface area (Å²) in [6, 6.07) is 11.1. The molecule has 1 N–H and O–H groups in total. The lowest BCUT2D eigenvalue weighted by atomic mass is 10.1. The van der Waals surface area contributed by atoms with E-state index in [-0.39, 0.29) is 5.91 Å². The van der Waals surface area contributed by atoms with Gasteiger partial charge in [-0.25, -0.2) is 0 Å². The maximum Gasteiger partial charge on any atom is 0.251 e. The van der Waals surface area contributed by atoms with Crippen molar-refractivity contribution in [3.05, 3.63) is 58.1 Å². The number of carbonyl (C=O) groups is 1. The molecule has 1 aliphatic rings. The SMILES string of the molecule is COCc1ccccc1CNC(=O)c1cc(Cl)c2c(c1)OCCO2. The number of hydrogen-bond donors (Lipinski definition) is 1. The third kappa shape index (κ3) is 3.63. The molecule has 0 saturated heterocycles. The number of nitrogens with one attached hydrogen (secondary N) is 1. The van der Waals surface area contributed by atoms with Gasteiger partial charge in [-0.2, -0.15) is 0 Å². The maximum absolute atomic E-state index is 12.4. The van der Waals surface area contributed by atoms with Crippen molar-refractivity contribution in [1.82, 2.24) is 5.32 Å². The van der Waals surface area contributed by atoms with Crippen LogP contribution in [-0.2, 0) is 17.9 Å². The zero-order valence-corrected chi connectivity index (χ0v) is 14.1. The molecule has 1 amide bonds. The van der Waals surface area contributed by atoms with Crippen LogP contribution in [0.2, 0.25) is 5.02 Å². The van der Waals surface area contributed by atoms with Crippen molar-refractivity contribution < 1.29 is 19.0 Å². The van der Waals surface area contributed by atoms with E-state index in [1.807, 2.05) is 24.3 Å². The zero-order valence-electron chi connectivity index (χ0n) is 13.3. The minimum absolute atomic E-state index is 0.221. The summed E-state index contributed by atoms with van der Waals surface area (Å²) in [6.07, 6.45) is 0. The number of halogens is 1. The molecule has 0 atom stereocenters. The molecule has 0 aromatic heterocycles. The first-order chi connectivity index (χ1) is 11.7. The van der Waals surface area contributed by atoms with Gasteiger partial charge in [0.15, 0.2) is 11.5 Å². The largest absolute Gasteiger partial charge is 0.486 e. The molecule has 2 aromatic rings. The Bertz CT molecular complexity index is 748. The van der Waals surface area contributed by atoms with Crippen LogP contribution in [0.4, 0.5) is 0 Å². The van der Waals surface area contributed by atoms with Crippen LogP contribution >= 0.6 is 11.6 Å². The highest BCUT2D eigenvalue weighted by Gasteiger charge is 2.19. The van der Waals surface area contributed by atoms with E-state index in [9.17, 15) is 4.79 Å². The highest BCUT2D eigenvalue weighted by molar-refractivity contribution is 6.32. The summed E-state index contributed by atoms with van der Waals surface area (Å²) in [5.74, 6) is 0.768. The standard InChI is InChI=1S/C18H18ClNO4/c1-22-11-13-5-3-2-4-12(13)10-20-18(21)14-8-15(19)17-16(9-14)23-6-7-24-17/h2-5,8-9H,6-7,10-11H2,1H3,(H,20,21). The Balaban J connectivity index is 1.73. The fourth-order valence-electron chi connectivity index (χ4n) is 2.55. The molecule has 1 heterocycles. The number of carbonyl (C=O) groups excluding carboxylic acids is 1. The Labute approximate surface area is 145 Å². The number of fused-ring (bicyclic) bond motifs is 1. The molecule has 0 unspecified atom stereocenters. The Hall–Kier alpha value is -2.24. The quantitative estimate of drug-likeness (QED) is 0.902. The average Bonchev–Trinajstić information content (AvgIpc) is 2.61. The second-order valence-corrected chi connectivity index (χ2v) is 5.77. The van der Waals surface area contributed by atoms with Crippen molar-refractivity contribution in [1.29, 1.82) is 0 Å². The summed E-state index contributed by atoms with van der Waals surface area (Å²) in [5.41, 5.74) is 2.49. The monoisotopic (exact) mass is 347 g/mol. The normalized spacial score (nSPS) is 12.8. The summed E-state index contributed by atoms with van der Waals surface area (Å²) in [7, 11) is 1.65. The first kappa shape index (κ1) is 16.6. The fraction of sp³-hybridized carbons (Fsp3) is 0.278. The number of amides is 1. The molecular formula is C18H18ClNO4. The maximum atomic E-state index is 12.4. The molecule has 126 valence electrons. The molecule has 24 heavy (non-hydrogen) atoms. The highest BCUT2D eigenvalue weighted by atomic mass is 35.5. The van der Waals surface area contributed by atoms with Gasteiger partial charge in [0.05, 0.1) is 11.6 Å². The first-order valence-corrected chi connectivity index (χ1v) is 8.00. The molecule has 0 radical (unpaired) electrons. The van der Waals surface area contributed by atoms with Gasteiger partial charge in [-0.1, -0.05) is 35.9 Å². The molecule has 0 bridgehead atoms. The van der Waals surface area contributed by atoms with Crippen LogP contribution in [0.5, 0.6) is 11.5 Å². The van der Waals surface area contributed by atoms with Gasteiger partial charge >= 0.3 is 0 Å². The van der Waals surface area contributed by atoms with Crippen LogP contribution in [-0.4, -0.2) is 26.2 Å². The number of hydrogen-bond acceptors (Lipinski definition) is 4. The fourth-order valence-corrected chi connectivity index (χ4v) is 2.81. The Morgan fingerprint density at radius 1 is 1.21 bits per heavy atom. The third-order valence-corrected chi connectivity index (χ3v) is 4.00. The van der Waals surface area contributed by atoms with Gasteiger partial charge in [-0.05, 0) is 23.3 Å². The molecule has 0 spiro atoms. The van der Waals surface area contributed by atoms with Crippen molar-refractivity contribution >= 4 is 17.5 Å². The topological polar surface area (TPSA) is 56.8 Å². The number of rotatable bonds is 5. The van der Waals surface area contributed by atoms with Gasteiger partial charge < -0.3 is 19.5 Å². The van der Waals surface area contributed by atoms with E-state index >= 15 is 0 Å². The summed E-state index contributed by atoms with van der Waals surface area (Å²) < 4.78 is 16.1. The van der Waals surface area contributed by atoms with Crippen LogP contribution in [0.1, 0.15) is 21.5 Å². The summed E-state index contributed by atoms with van der Waals surface area (Å²) in [4.78, 5) is 12.4. The lowest BCUT2D eigenvalue weighted by Crippen LogP contribution is -2.24. The van der Waals surface area contributed by atoms with Crippen molar-refractivity contribution in [2.75, 3.05) is 20.3 Å². The zero-order chi connectivity index (χ0) is 16.9. The van der Waals surface area contributed by atoms with Gasteiger partial charge in [0.1, 0.15) is 13.2 Å². The minimum Gasteiger partial charge on any atom is -0.486 e. The van der Waals surface area contributed by atoms with Gasteiger partial charge in [-0.3, -0.25) is 4.79 Å². The molecule has 0 aliphatic carbocycles. The molecule has 3 rings (SSSR count). The van der Waals surface area contributed by atoms with Gasteiger partial charge in [0.25, 0.3) is 5.91 Å². The Morgan fingerprint density at radius 2 is 1.96 bits per heavy atom. The van der Waals surface area contributed by atoms with E-state index in [4.69, 9.17) is 25.8 Å². The smallest absolute Gasteiger partial charge is 0.251 e. The van der Waals surface area contributed by atoms with E-state index in [2.05, 4.69) is 5.32 Å². The van der Waals surface area contributed by atoms with E-state index in [0.717, 1.165) is 11.1 Å². The van der Waals surface area contributed by atoms with E-state index in [1.54, 1.807) is 19.2 Å². The molecule has 2 aromatic carbocycles. The molecule has 6 heteroatoms. The molecule has 0 fully saturated rings. The van der Waals surface area contributed by atoms with Gasteiger partial charge in [0.2, 0.25) is 0 Å². The van der Waals surface area contributed by atoms with E-state index in [1.165, 1.54) is 0 Å². The number of ether oxygens (including phenoxy) is 3. The second-order valence-electron chi connectivity index (χ2n) is 5.37. The molecule has 1 aliphatic heterocycles. The lowest BCUT2D eigenvalue weighted by molar-refractivity contribution is 0.0949. The lowest BCUT2D eigenvalue weighted by Gasteiger charge is -2.20. The van der Waals surface area contributed by atoms with Crippen LogP contribution in [0.15, 0.2) is 36.4 Å². The Kier molecular flexibility index (Phi) is 5.23. The van der Waals surface area contributed by atoms with Crippen molar-refractivity contribution in [3.8, 4) is 11.5 Å². The summed E-state index contributed by atoms with van der Waals surface area (Å²) in [5, 5.41) is 3.27. The Morgan fingerprint density at radius 3 is 2.75 bits per heavy atom. The predicted molar refractivity (Wildman–Crippen MR) is 90.8 cm³/mol. The molecule has 5 nitrogen and oxygen atoms in total. The van der Waals surface area contributed by atoms with Crippen molar-refractivity contribution in [3.63, 3.8) is 0 Å². The van der Waals surface area contributed by atoms with E-state index < -0.39 is 0 Å². The summed E-state index contributed by atoms with van der Waals surface area (Å²) >= 11 is 6.17. The first-order valence-electron chi connectivity index (χ1n) is 7.62. The van der Waals surface area contributed by atoms with Crippen LogP contribution in [0.3, 0.4) is 0 Å². The average molecular weight is 348 g/mol. The predicted octanol–water partition coefficient (Wildman–Crippen LogP) is 3.19. The molecular weight excluding hydrogens is 330 g/mol. The van der Waals surface area contributed by atoms with Crippen LogP contribution < -0.4 is 14.8 Å². The van der Waals surface area contributed by atoms with E-state index in [0.29, 0.717) is 48.5 Å². The highest BCUT2D eigenvalue weighted by Crippen LogP contribution is 2.38. The van der Waals surface area contributed by atoms with Gasteiger partial charge in [0, 0.05) is 19.2 Å². The van der Waals surface area contributed by atoms with Crippen LogP contribution in [0.25, 0.3) is 0 Å². The summed E-state index contributed by atoms with van der Waals surface area (Å²) in [6.45, 7) is 1.81.